The fourth-order valence-electron chi connectivity index (χ4n) is 2.46. The molecule has 6 nitrogen and oxygen atoms in total. The second kappa shape index (κ2) is 9.69. The van der Waals surface area contributed by atoms with Crippen molar-refractivity contribution in [2.45, 2.75) is 22.9 Å². The van der Waals surface area contributed by atoms with Crippen molar-refractivity contribution in [3.63, 3.8) is 0 Å². The molecule has 0 saturated heterocycles. The summed E-state index contributed by atoms with van der Waals surface area (Å²) in [5.41, 5.74) is 1.05. The van der Waals surface area contributed by atoms with Crippen LogP contribution in [0.5, 0.6) is 0 Å². The van der Waals surface area contributed by atoms with Gasteiger partial charge in [-0.25, -0.2) is 9.37 Å². The highest BCUT2D eigenvalue weighted by Gasteiger charge is 2.13. The molecule has 154 valence electrons. The van der Waals surface area contributed by atoms with Crippen LogP contribution in [-0.4, -0.2) is 21.0 Å². The zero-order valence-corrected chi connectivity index (χ0v) is 18.5. The number of hydrogen-bond donors (Lipinski definition) is 1. The van der Waals surface area contributed by atoms with Gasteiger partial charge in [0.1, 0.15) is 5.82 Å². The van der Waals surface area contributed by atoms with Crippen LogP contribution in [0.1, 0.15) is 18.1 Å². The van der Waals surface area contributed by atoms with Crippen LogP contribution in [0.15, 0.2) is 50.0 Å². The van der Waals surface area contributed by atoms with E-state index in [9.17, 15) is 9.18 Å². The number of halogens is 2. The van der Waals surface area contributed by atoms with Gasteiger partial charge in [-0.15, -0.1) is 22.7 Å². The van der Waals surface area contributed by atoms with Crippen LogP contribution in [-0.2, 0) is 17.0 Å². The van der Waals surface area contributed by atoms with Gasteiger partial charge in [-0.2, -0.15) is 4.98 Å². The average molecular weight is 481 g/mol. The molecule has 1 aromatic carbocycles. The molecule has 3 heterocycles. The summed E-state index contributed by atoms with van der Waals surface area (Å²) in [6.45, 7) is 0. The van der Waals surface area contributed by atoms with Crippen molar-refractivity contribution in [1.82, 2.24) is 15.1 Å². The second-order valence-electron chi connectivity index (χ2n) is 6.04. The zero-order chi connectivity index (χ0) is 20.9. The van der Waals surface area contributed by atoms with Crippen LogP contribution in [0.3, 0.4) is 0 Å². The van der Waals surface area contributed by atoms with Crippen LogP contribution in [0.2, 0.25) is 5.02 Å². The standard InChI is InChI=1S/C19H14ClFN4O2S3/c20-11-3-4-13(12(21)8-11)22-17(26)5-6-18-24-16(25-27-18)10-30-19-23-14(9-29-19)15-2-1-7-28-15/h1-4,7-9H,5-6,10H2,(H,22,26). The van der Waals surface area contributed by atoms with Crippen LogP contribution in [0.4, 0.5) is 10.1 Å². The molecule has 11 heteroatoms. The van der Waals surface area contributed by atoms with Gasteiger partial charge in [0, 0.05) is 23.2 Å². The molecular weight excluding hydrogens is 467 g/mol. The van der Waals surface area contributed by atoms with E-state index in [2.05, 4.69) is 20.4 Å². The highest BCUT2D eigenvalue weighted by atomic mass is 35.5. The van der Waals surface area contributed by atoms with Crippen LogP contribution in [0, 0.1) is 5.82 Å². The van der Waals surface area contributed by atoms with E-state index in [-0.39, 0.29) is 29.5 Å². The average Bonchev–Trinajstić information content (AvgIpc) is 3.48. The predicted molar refractivity (Wildman–Crippen MR) is 118 cm³/mol. The molecule has 0 radical (unpaired) electrons. The third-order valence-corrected chi connectivity index (χ3v) is 7.01. The molecule has 4 rings (SSSR count). The van der Waals surface area contributed by atoms with Gasteiger partial charge in [0.05, 0.1) is 22.0 Å². The van der Waals surface area contributed by atoms with Crippen molar-refractivity contribution in [3.05, 3.63) is 63.6 Å². The van der Waals surface area contributed by atoms with Crippen molar-refractivity contribution in [2.24, 2.45) is 0 Å². The predicted octanol–water partition coefficient (Wildman–Crippen LogP) is 5.91. The summed E-state index contributed by atoms with van der Waals surface area (Å²) in [7, 11) is 0. The van der Waals surface area contributed by atoms with Gasteiger partial charge in [0.15, 0.2) is 10.2 Å². The Balaban J connectivity index is 1.25. The summed E-state index contributed by atoms with van der Waals surface area (Å²) < 4.78 is 19.9. The summed E-state index contributed by atoms with van der Waals surface area (Å²) in [6.07, 6.45) is 0.353. The van der Waals surface area contributed by atoms with Gasteiger partial charge in [-0.1, -0.05) is 34.6 Å². The Morgan fingerprint density at radius 2 is 2.17 bits per heavy atom. The molecule has 3 aromatic heterocycles. The van der Waals surface area contributed by atoms with Crippen LogP contribution < -0.4 is 5.32 Å². The first-order chi connectivity index (χ1) is 14.6. The molecule has 0 aliphatic rings. The number of carbonyl (C=O) groups is 1. The number of nitrogens with zero attached hydrogens (tertiary/aromatic N) is 3. The minimum atomic E-state index is -0.586. The molecule has 0 unspecified atom stereocenters. The number of nitrogens with one attached hydrogen (secondary N) is 1. The quantitative estimate of drug-likeness (QED) is 0.316. The summed E-state index contributed by atoms with van der Waals surface area (Å²) in [5, 5.41) is 10.8. The fourth-order valence-corrected chi connectivity index (χ4v) is 5.05. The van der Waals surface area contributed by atoms with Crippen molar-refractivity contribution in [3.8, 4) is 10.6 Å². The Morgan fingerprint density at radius 3 is 2.97 bits per heavy atom. The van der Waals surface area contributed by atoms with E-state index >= 15 is 0 Å². The van der Waals surface area contributed by atoms with Gasteiger partial charge in [-0.05, 0) is 29.6 Å². The van der Waals surface area contributed by atoms with E-state index in [1.165, 1.54) is 23.9 Å². The maximum atomic E-state index is 13.7. The Hall–Kier alpha value is -2.27. The van der Waals surface area contributed by atoms with Crippen LogP contribution >= 0.6 is 46.0 Å². The maximum Gasteiger partial charge on any atom is 0.227 e. The van der Waals surface area contributed by atoms with E-state index in [1.54, 1.807) is 22.7 Å². The highest BCUT2D eigenvalue weighted by Crippen LogP contribution is 2.31. The molecule has 30 heavy (non-hydrogen) atoms. The summed E-state index contributed by atoms with van der Waals surface area (Å²) in [4.78, 5) is 22.1. The van der Waals surface area contributed by atoms with E-state index < -0.39 is 5.82 Å². The normalized spacial score (nSPS) is 11.0. The van der Waals surface area contributed by atoms with Gasteiger partial charge < -0.3 is 9.84 Å². The molecular formula is C19H14ClFN4O2S3. The Bertz CT molecular complexity index is 1150. The molecule has 0 saturated carbocycles. The number of thiophene rings is 1. The molecule has 0 aliphatic heterocycles. The van der Waals surface area contributed by atoms with Crippen LogP contribution in [0.25, 0.3) is 10.6 Å². The van der Waals surface area contributed by atoms with E-state index in [4.69, 9.17) is 16.1 Å². The topological polar surface area (TPSA) is 80.9 Å². The number of carbonyl (C=O) groups excluding carboxylic acids is 1. The number of benzene rings is 1. The van der Waals surface area contributed by atoms with Crippen molar-refractivity contribution < 1.29 is 13.7 Å². The minimum Gasteiger partial charge on any atom is -0.339 e. The number of aryl methyl sites for hydroxylation is 1. The number of thiazole rings is 1. The van der Waals surface area contributed by atoms with Gasteiger partial charge in [0.25, 0.3) is 0 Å². The lowest BCUT2D eigenvalue weighted by atomic mass is 10.2. The van der Waals surface area contributed by atoms with E-state index in [1.807, 2.05) is 22.9 Å². The number of rotatable bonds is 8. The Labute approximate surface area is 188 Å². The van der Waals surface area contributed by atoms with Gasteiger partial charge >= 0.3 is 0 Å². The smallest absolute Gasteiger partial charge is 0.227 e. The number of amides is 1. The highest BCUT2D eigenvalue weighted by molar-refractivity contribution is 8.00. The van der Waals surface area contributed by atoms with Gasteiger partial charge in [-0.3, -0.25) is 4.79 Å². The lowest BCUT2D eigenvalue weighted by molar-refractivity contribution is -0.116. The minimum absolute atomic E-state index is 0.0809. The Morgan fingerprint density at radius 1 is 1.27 bits per heavy atom. The molecule has 1 amide bonds. The molecule has 0 aliphatic carbocycles. The monoisotopic (exact) mass is 480 g/mol. The molecule has 1 N–H and O–H groups in total. The van der Waals surface area contributed by atoms with E-state index in [0.717, 1.165) is 21.0 Å². The Kier molecular flexibility index (Phi) is 6.78. The third kappa shape index (κ3) is 5.45. The van der Waals surface area contributed by atoms with Crippen molar-refractivity contribution in [2.75, 3.05) is 5.32 Å². The molecule has 0 spiro atoms. The molecule has 4 aromatic rings. The van der Waals surface area contributed by atoms with E-state index in [0.29, 0.717) is 17.5 Å². The molecule has 0 fully saturated rings. The number of anilines is 1. The third-order valence-electron chi connectivity index (χ3n) is 3.86. The van der Waals surface area contributed by atoms with Crippen molar-refractivity contribution >= 4 is 57.6 Å². The zero-order valence-electron chi connectivity index (χ0n) is 15.3. The summed E-state index contributed by atoms with van der Waals surface area (Å²) in [6, 6.07) is 8.11. The lowest BCUT2D eigenvalue weighted by Gasteiger charge is -2.05. The molecule has 0 bridgehead atoms. The number of hydrogen-bond acceptors (Lipinski definition) is 8. The summed E-state index contributed by atoms with van der Waals surface area (Å²) in [5.74, 6) is 0.470. The first-order valence-electron chi connectivity index (χ1n) is 8.75. The lowest BCUT2D eigenvalue weighted by Crippen LogP contribution is -2.13. The SMILES string of the molecule is O=C(CCc1nc(CSc2nc(-c3cccs3)cs2)no1)Nc1ccc(Cl)cc1F. The maximum absolute atomic E-state index is 13.7. The molecule has 0 atom stereocenters. The number of aromatic nitrogens is 3. The number of thioether (sulfide) groups is 1. The first-order valence-corrected chi connectivity index (χ1v) is 11.9. The summed E-state index contributed by atoms with van der Waals surface area (Å²) >= 11 is 10.5. The first kappa shape index (κ1) is 21.0. The second-order valence-corrected chi connectivity index (χ2v) is 9.51. The largest absolute Gasteiger partial charge is 0.339 e. The fraction of sp³-hybridized carbons (Fsp3) is 0.158. The van der Waals surface area contributed by atoms with Crippen molar-refractivity contribution in [1.29, 1.82) is 0 Å². The van der Waals surface area contributed by atoms with Gasteiger partial charge in [0.2, 0.25) is 11.8 Å².